The maximum absolute atomic E-state index is 11.9. The average Bonchev–Trinajstić information content (AvgIpc) is 2.20. The SMILES string of the molecule is CCOc1ccccc1OC(=O)C(F)(F)F. The molecule has 3 nitrogen and oxygen atoms in total. The van der Waals surface area contributed by atoms with E-state index in [1.54, 1.807) is 13.0 Å². The molecular formula is C10H9F3O3. The van der Waals surface area contributed by atoms with Crippen molar-refractivity contribution in [2.45, 2.75) is 13.1 Å². The second kappa shape index (κ2) is 4.87. The lowest BCUT2D eigenvalue weighted by Crippen LogP contribution is -2.28. The molecule has 0 bridgehead atoms. The zero-order valence-corrected chi connectivity index (χ0v) is 8.38. The average molecular weight is 234 g/mol. The Bertz CT molecular complexity index is 374. The minimum absolute atomic E-state index is 0.0996. The highest BCUT2D eigenvalue weighted by Crippen LogP contribution is 2.28. The fraction of sp³-hybridized carbons (Fsp3) is 0.300. The maximum atomic E-state index is 11.9. The van der Waals surface area contributed by atoms with E-state index in [-0.39, 0.29) is 18.1 Å². The van der Waals surface area contributed by atoms with E-state index in [4.69, 9.17) is 4.74 Å². The Morgan fingerprint density at radius 2 is 1.81 bits per heavy atom. The first-order chi connectivity index (χ1) is 7.45. The number of para-hydroxylation sites is 2. The van der Waals surface area contributed by atoms with Crippen molar-refractivity contribution in [3.05, 3.63) is 24.3 Å². The molecule has 0 saturated heterocycles. The number of carbonyl (C=O) groups excluding carboxylic acids is 1. The number of carbonyl (C=O) groups is 1. The Morgan fingerprint density at radius 3 is 2.31 bits per heavy atom. The predicted molar refractivity (Wildman–Crippen MR) is 49.3 cm³/mol. The lowest BCUT2D eigenvalue weighted by Gasteiger charge is -2.10. The molecule has 1 aromatic rings. The lowest BCUT2D eigenvalue weighted by molar-refractivity contribution is -0.189. The number of esters is 1. The van der Waals surface area contributed by atoms with Crippen molar-refractivity contribution in [1.82, 2.24) is 0 Å². The van der Waals surface area contributed by atoms with E-state index in [0.29, 0.717) is 0 Å². The van der Waals surface area contributed by atoms with E-state index in [2.05, 4.69) is 4.74 Å². The molecule has 0 aliphatic rings. The van der Waals surface area contributed by atoms with Gasteiger partial charge in [-0.3, -0.25) is 0 Å². The molecule has 0 aliphatic carbocycles. The largest absolute Gasteiger partial charge is 0.491 e. The van der Waals surface area contributed by atoms with E-state index >= 15 is 0 Å². The van der Waals surface area contributed by atoms with Crippen LogP contribution in [-0.4, -0.2) is 18.8 Å². The van der Waals surface area contributed by atoms with Gasteiger partial charge in [-0.2, -0.15) is 13.2 Å². The van der Waals surface area contributed by atoms with Crippen LogP contribution in [0.5, 0.6) is 11.5 Å². The van der Waals surface area contributed by atoms with Crippen LogP contribution in [0.2, 0.25) is 0 Å². The maximum Gasteiger partial charge on any atom is 0.491 e. The molecule has 0 aromatic heterocycles. The normalized spacial score (nSPS) is 11.0. The zero-order valence-electron chi connectivity index (χ0n) is 8.38. The Labute approximate surface area is 89.8 Å². The second-order valence-corrected chi connectivity index (χ2v) is 2.77. The first-order valence-corrected chi connectivity index (χ1v) is 4.46. The number of alkyl halides is 3. The van der Waals surface area contributed by atoms with Crippen LogP contribution in [-0.2, 0) is 4.79 Å². The van der Waals surface area contributed by atoms with Gasteiger partial charge in [0.2, 0.25) is 0 Å². The van der Waals surface area contributed by atoms with Crippen LogP contribution >= 0.6 is 0 Å². The summed E-state index contributed by atoms with van der Waals surface area (Å²) >= 11 is 0. The van der Waals surface area contributed by atoms with Crippen LogP contribution in [0.4, 0.5) is 13.2 Å². The van der Waals surface area contributed by atoms with Crippen LogP contribution < -0.4 is 9.47 Å². The van der Waals surface area contributed by atoms with Crippen molar-refractivity contribution in [3.8, 4) is 11.5 Å². The van der Waals surface area contributed by atoms with Crippen molar-refractivity contribution in [2.24, 2.45) is 0 Å². The fourth-order valence-electron chi connectivity index (χ4n) is 0.967. The molecule has 0 N–H and O–H groups in total. The minimum Gasteiger partial charge on any atom is -0.490 e. The highest BCUT2D eigenvalue weighted by atomic mass is 19.4. The summed E-state index contributed by atoms with van der Waals surface area (Å²) in [4.78, 5) is 10.6. The van der Waals surface area contributed by atoms with Crippen LogP contribution in [0, 0.1) is 0 Å². The molecule has 0 heterocycles. The molecule has 1 aromatic carbocycles. The first-order valence-electron chi connectivity index (χ1n) is 4.46. The van der Waals surface area contributed by atoms with Gasteiger partial charge in [-0.15, -0.1) is 0 Å². The number of benzene rings is 1. The van der Waals surface area contributed by atoms with Crippen molar-refractivity contribution in [2.75, 3.05) is 6.61 Å². The second-order valence-electron chi connectivity index (χ2n) is 2.77. The van der Waals surface area contributed by atoms with E-state index in [1.807, 2.05) is 0 Å². The minimum atomic E-state index is -5.01. The molecule has 0 atom stereocenters. The van der Waals surface area contributed by atoms with Crippen molar-refractivity contribution in [3.63, 3.8) is 0 Å². The molecule has 0 unspecified atom stereocenters. The third-order valence-corrected chi connectivity index (χ3v) is 1.58. The fourth-order valence-corrected chi connectivity index (χ4v) is 0.967. The molecular weight excluding hydrogens is 225 g/mol. The monoisotopic (exact) mass is 234 g/mol. The summed E-state index contributed by atoms with van der Waals surface area (Å²) in [5.41, 5.74) is 0. The molecule has 1 rings (SSSR count). The standard InChI is InChI=1S/C10H9F3O3/c1-2-15-7-5-3-4-6-8(7)16-9(14)10(11,12)13/h3-6H,2H2,1H3. The number of rotatable bonds is 3. The van der Waals surface area contributed by atoms with E-state index < -0.39 is 12.1 Å². The molecule has 6 heteroatoms. The summed E-state index contributed by atoms with van der Waals surface area (Å²) in [6, 6.07) is 5.66. The summed E-state index contributed by atoms with van der Waals surface area (Å²) in [5.74, 6) is -2.41. The van der Waals surface area contributed by atoms with Gasteiger partial charge in [0.1, 0.15) is 0 Å². The topological polar surface area (TPSA) is 35.5 Å². The van der Waals surface area contributed by atoms with Crippen LogP contribution in [0.25, 0.3) is 0 Å². The summed E-state index contributed by atoms with van der Waals surface area (Å²) in [7, 11) is 0. The van der Waals surface area contributed by atoms with Crippen molar-refractivity contribution in [1.29, 1.82) is 0 Å². The van der Waals surface area contributed by atoms with Gasteiger partial charge in [0.25, 0.3) is 0 Å². The Kier molecular flexibility index (Phi) is 3.76. The smallest absolute Gasteiger partial charge is 0.490 e. The molecule has 0 fully saturated rings. The predicted octanol–water partition coefficient (Wildman–Crippen LogP) is 2.55. The van der Waals surface area contributed by atoms with Crippen LogP contribution in [0.3, 0.4) is 0 Å². The number of ether oxygens (including phenoxy) is 2. The summed E-state index contributed by atoms with van der Waals surface area (Å²) in [5, 5.41) is 0. The molecule has 0 aliphatic heterocycles. The molecule has 0 radical (unpaired) electrons. The summed E-state index contributed by atoms with van der Waals surface area (Å²) < 4.78 is 45.0. The number of halogens is 3. The van der Waals surface area contributed by atoms with Gasteiger partial charge in [0, 0.05) is 0 Å². The molecule has 16 heavy (non-hydrogen) atoms. The van der Waals surface area contributed by atoms with Crippen LogP contribution in [0.1, 0.15) is 6.92 Å². The highest BCUT2D eigenvalue weighted by molar-refractivity contribution is 5.78. The van der Waals surface area contributed by atoms with Gasteiger partial charge in [-0.1, -0.05) is 12.1 Å². The van der Waals surface area contributed by atoms with E-state index in [1.165, 1.54) is 18.2 Å². The molecule has 0 spiro atoms. The van der Waals surface area contributed by atoms with Crippen molar-refractivity contribution >= 4 is 5.97 Å². The Hall–Kier alpha value is -1.72. The number of hydrogen-bond donors (Lipinski definition) is 0. The third-order valence-electron chi connectivity index (χ3n) is 1.58. The summed E-state index contributed by atoms with van der Waals surface area (Å²) in [6.07, 6.45) is -5.01. The van der Waals surface area contributed by atoms with Gasteiger partial charge >= 0.3 is 12.1 Å². The Morgan fingerprint density at radius 1 is 1.25 bits per heavy atom. The molecule has 0 saturated carbocycles. The summed E-state index contributed by atoms with van der Waals surface area (Å²) in [6.45, 7) is 1.93. The van der Waals surface area contributed by atoms with Crippen molar-refractivity contribution < 1.29 is 27.4 Å². The van der Waals surface area contributed by atoms with Gasteiger partial charge in [0.05, 0.1) is 6.61 Å². The van der Waals surface area contributed by atoms with Crippen LogP contribution in [0.15, 0.2) is 24.3 Å². The van der Waals surface area contributed by atoms with Gasteiger partial charge < -0.3 is 9.47 Å². The van der Waals surface area contributed by atoms with Gasteiger partial charge in [0.15, 0.2) is 11.5 Å². The zero-order chi connectivity index (χ0) is 12.2. The van der Waals surface area contributed by atoms with E-state index in [9.17, 15) is 18.0 Å². The van der Waals surface area contributed by atoms with E-state index in [0.717, 1.165) is 0 Å². The third kappa shape index (κ3) is 3.15. The quantitative estimate of drug-likeness (QED) is 0.595. The molecule has 88 valence electrons. The highest BCUT2D eigenvalue weighted by Gasteiger charge is 2.41. The lowest BCUT2D eigenvalue weighted by atomic mass is 10.3. The Balaban J connectivity index is 2.84. The molecule has 0 amide bonds. The number of hydrogen-bond acceptors (Lipinski definition) is 3. The van der Waals surface area contributed by atoms with Gasteiger partial charge in [-0.25, -0.2) is 4.79 Å². The van der Waals surface area contributed by atoms with Gasteiger partial charge in [-0.05, 0) is 19.1 Å². The first kappa shape index (κ1) is 12.4.